The highest BCUT2D eigenvalue weighted by Crippen LogP contribution is 2.62. The van der Waals surface area contributed by atoms with Crippen LogP contribution in [0.15, 0.2) is 0 Å². The predicted molar refractivity (Wildman–Crippen MR) is 70.1 cm³/mol. The molecule has 3 rings (SSSR count). The fourth-order valence-corrected chi connectivity index (χ4v) is 4.21. The molecule has 0 aromatic rings. The Kier molecular flexibility index (Phi) is 5.23. The van der Waals surface area contributed by atoms with E-state index in [9.17, 15) is 4.89 Å². The lowest BCUT2D eigenvalue weighted by Crippen LogP contribution is -2.25. The first-order valence-corrected chi connectivity index (χ1v) is 8.63. The van der Waals surface area contributed by atoms with E-state index in [1.165, 1.54) is 0 Å². The van der Waals surface area contributed by atoms with Gasteiger partial charge in [0.25, 0.3) is 0 Å². The van der Waals surface area contributed by atoms with Crippen molar-refractivity contribution in [3.63, 3.8) is 0 Å². The van der Waals surface area contributed by atoms with Gasteiger partial charge in [0.05, 0.1) is 19.8 Å². The van der Waals surface area contributed by atoms with Crippen molar-refractivity contribution in [1.82, 2.24) is 0 Å². The van der Waals surface area contributed by atoms with E-state index in [1.54, 1.807) is 0 Å². The molecule has 3 saturated heterocycles. The Bertz CT molecular complexity index is 253. The summed E-state index contributed by atoms with van der Waals surface area (Å²) in [5, 5.41) is 0. The Labute approximate surface area is 119 Å². The molecule has 3 heterocycles. The summed E-state index contributed by atoms with van der Waals surface area (Å²) in [4.78, 5) is 10.7. The van der Waals surface area contributed by atoms with Gasteiger partial charge in [-0.25, -0.2) is 0 Å². The van der Waals surface area contributed by atoms with Crippen molar-refractivity contribution in [1.29, 1.82) is 0 Å². The molecule has 20 heavy (non-hydrogen) atoms. The molecule has 0 amide bonds. The van der Waals surface area contributed by atoms with Gasteiger partial charge >= 0.3 is 8.17 Å². The van der Waals surface area contributed by atoms with E-state index in [-0.39, 0.29) is 18.3 Å². The molecule has 116 valence electrons. The topological polar surface area (TPSA) is 75.6 Å². The van der Waals surface area contributed by atoms with Crippen LogP contribution in [0.5, 0.6) is 0 Å². The van der Waals surface area contributed by atoms with Crippen LogP contribution < -0.4 is 0 Å². The molecule has 0 spiro atoms. The molecule has 0 aromatic heterocycles. The van der Waals surface area contributed by atoms with Crippen molar-refractivity contribution >= 4 is 8.17 Å². The van der Waals surface area contributed by atoms with Crippen molar-refractivity contribution < 1.29 is 32.7 Å². The summed E-state index contributed by atoms with van der Waals surface area (Å²) in [7, 11) is -3.36. The lowest BCUT2D eigenvalue weighted by atomic mass is 10.3. The van der Waals surface area contributed by atoms with E-state index in [4.69, 9.17) is 27.8 Å². The zero-order valence-electron chi connectivity index (χ0n) is 11.4. The Morgan fingerprint density at radius 3 is 1.30 bits per heavy atom. The van der Waals surface area contributed by atoms with Crippen molar-refractivity contribution in [3.8, 4) is 0 Å². The molecule has 0 bridgehead atoms. The SMILES string of the molecule is O[P+](OC1CCOC1)(OC1CCOC1)OC1CCOC1. The summed E-state index contributed by atoms with van der Waals surface area (Å²) < 4.78 is 32.9. The number of hydrogen-bond donors (Lipinski definition) is 1. The summed E-state index contributed by atoms with van der Waals surface area (Å²) >= 11 is 0. The van der Waals surface area contributed by atoms with Crippen LogP contribution in [0, 0.1) is 0 Å². The lowest BCUT2D eigenvalue weighted by Gasteiger charge is -2.21. The lowest BCUT2D eigenvalue weighted by molar-refractivity contribution is -0.000776. The summed E-state index contributed by atoms with van der Waals surface area (Å²) in [5.74, 6) is 0. The molecular weight excluding hydrogens is 287 g/mol. The summed E-state index contributed by atoms with van der Waals surface area (Å²) in [6.45, 7) is 3.34. The first kappa shape index (κ1) is 15.1. The summed E-state index contributed by atoms with van der Waals surface area (Å²) in [5.41, 5.74) is 0. The largest absolute Gasteiger partial charge is 0.573 e. The molecule has 3 aliphatic rings. The van der Waals surface area contributed by atoms with Gasteiger partial charge in [0.15, 0.2) is 0 Å². The normalized spacial score (nSPS) is 37.4. The zero-order chi connectivity index (χ0) is 13.8. The van der Waals surface area contributed by atoms with E-state index >= 15 is 0 Å². The molecule has 0 aliphatic carbocycles. The molecule has 1 N–H and O–H groups in total. The van der Waals surface area contributed by atoms with Gasteiger partial charge in [0.2, 0.25) is 0 Å². The minimum absolute atomic E-state index is 0.169. The molecule has 8 heteroatoms. The molecule has 7 nitrogen and oxygen atoms in total. The molecular formula is C12H22O7P+. The van der Waals surface area contributed by atoms with Crippen LogP contribution in [0.4, 0.5) is 0 Å². The second-order valence-electron chi connectivity index (χ2n) is 5.24. The van der Waals surface area contributed by atoms with E-state index in [0.29, 0.717) is 39.6 Å². The quantitative estimate of drug-likeness (QED) is 0.736. The van der Waals surface area contributed by atoms with Crippen LogP contribution in [0.25, 0.3) is 0 Å². The first-order valence-electron chi connectivity index (χ1n) is 7.14. The molecule has 3 fully saturated rings. The van der Waals surface area contributed by atoms with Crippen LogP contribution in [0.3, 0.4) is 0 Å². The smallest absolute Gasteiger partial charge is 0.378 e. The van der Waals surface area contributed by atoms with Crippen LogP contribution >= 0.6 is 8.17 Å². The maximum absolute atomic E-state index is 10.7. The van der Waals surface area contributed by atoms with Gasteiger partial charge in [0.1, 0.15) is 18.3 Å². The Morgan fingerprint density at radius 1 is 0.700 bits per heavy atom. The highest BCUT2D eigenvalue weighted by atomic mass is 31.2. The average Bonchev–Trinajstić information content (AvgIpc) is 3.11. The highest BCUT2D eigenvalue weighted by molar-refractivity contribution is 7.55. The molecule has 0 aromatic carbocycles. The Hall–Kier alpha value is 0.150. The minimum atomic E-state index is -3.36. The van der Waals surface area contributed by atoms with Crippen LogP contribution in [-0.4, -0.2) is 62.8 Å². The van der Waals surface area contributed by atoms with Gasteiger partial charge in [-0.15, -0.1) is 13.6 Å². The average molecular weight is 309 g/mol. The van der Waals surface area contributed by atoms with Crippen molar-refractivity contribution in [2.75, 3.05) is 39.6 Å². The molecule has 0 saturated carbocycles. The second kappa shape index (κ2) is 6.94. The first-order chi connectivity index (χ1) is 9.73. The molecule has 0 radical (unpaired) electrons. The van der Waals surface area contributed by atoms with Gasteiger partial charge in [-0.05, 0) is 0 Å². The molecule has 3 atom stereocenters. The maximum atomic E-state index is 10.7. The Balaban J connectivity index is 1.59. The van der Waals surface area contributed by atoms with Gasteiger partial charge in [-0.3, -0.25) is 0 Å². The number of ether oxygens (including phenoxy) is 3. The van der Waals surface area contributed by atoms with Crippen LogP contribution in [0.2, 0.25) is 0 Å². The van der Waals surface area contributed by atoms with Crippen molar-refractivity contribution in [3.05, 3.63) is 0 Å². The van der Waals surface area contributed by atoms with Crippen LogP contribution in [0.1, 0.15) is 19.3 Å². The summed E-state index contributed by atoms with van der Waals surface area (Å²) in [6.07, 6.45) is 1.74. The maximum Gasteiger partial charge on any atom is 0.573 e. The fourth-order valence-electron chi connectivity index (χ4n) is 2.43. The van der Waals surface area contributed by atoms with E-state index in [2.05, 4.69) is 0 Å². The van der Waals surface area contributed by atoms with Crippen LogP contribution in [-0.2, 0) is 27.8 Å². The van der Waals surface area contributed by atoms with Gasteiger partial charge in [-0.1, -0.05) is 0 Å². The van der Waals surface area contributed by atoms with E-state index in [1.807, 2.05) is 0 Å². The van der Waals surface area contributed by atoms with Gasteiger partial charge in [-0.2, -0.15) is 4.89 Å². The van der Waals surface area contributed by atoms with E-state index in [0.717, 1.165) is 19.3 Å². The Morgan fingerprint density at radius 2 is 1.05 bits per heavy atom. The second-order valence-corrected chi connectivity index (χ2v) is 6.81. The molecule has 3 unspecified atom stereocenters. The van der Waals surface area contributed by atoms with Gasteiger partial charge < -0.3 is 14.2 Å². The molecule has 3 aliphatic heterocycles. The zero-order valence-corrected chi connectivity index (χ0v) is 12.3. The number of hydrogen-bond acceptors (Lipinski definition) is 7. The number of rotatable bonds is 6. The predicted octanol–water partition coefficient (Wildman–Crippen LogP) is 1.07. The third kappa shape index (κ3) is 4.08. The van der Waals surface area contributed by atoms with E-state index < -0.39 is 8.17 Å². The van der Waals surface area contributed by atoms with Gasteiger partial charge in [0, 0.05) is 39.1 Å². The third-order valence-corrected chi connectivity index (χ3v) is 5.20. The monoisotopic (exact) mass is 309 g/mol. The standard InChI is InChI=1S/C12H22O7P/c13-20(17-10-1-4-14-7-10,18-11-2-5-15-8-11)19-12-3-6-16-9-12/h10-13H,1-9H2/q+1. The highest BCUT2D eigenvalue weighted by Gasteiger charge is 2.53. The third-order valence-electron chi connectivity index (χ3n) is 3.51. The minimum Gasteiger partial charge on any atom is -0.378 e. The fraction of sp³-hybridized carbons (Fsp3) is 1.00. The summed E-state index contributed by atoms with van der Waals surface area (Å²) in [6, 6.07) is 0. The van der Waals surface area contributed by atoms with Crippen molar-refractivity contribution in [2.45, 2.75) is 37.6 Å². The van der Waals surface area contributed by atoms with Crippen molar-refractivity contribution in [2.24, 2.45) is 0 Å².